The van der Waals surface area contributed by atoms with Crippen molar-refractivity contribution >= 4 is 0 Å². The molecule has 102 valence electrons. The molecule has 2 aromatic rings. The van der Waals surface area contributed by atoms with Crippen LogP contribution in [-0.2, 0) is 5.41 Å². The molecule has 0 radical (unpaired) electrons. The van der Waals surface area contributed by atoms with Gasteiger partial charge in [0.15, 0.2) is 5.82 Å². The van der Waals surface area contributed by atoms with Crippen LogP contribution in [0, 0.1) is 0 Å². The summed E-state index contributed by atoms with van der Waals surface area (Å²) in [6, 6.07) is 3.01. The third kappa shape index (κ3) is 3.24. The molecule has 0 spiro atoms. The summed E-state index contributed by atoms with van der Waals surface area (Å²) >= 11 is 0. The third-order valence-corrected chi connectivity index (χ3v) is 2.40. The number of ether oxygens (including phenoxy) is 1. The maximum atomic E-state index is 12.1. The molecule has 2 heterocycles. The van der Waals surface area contributed by atoms with Gasteiger partial charge >= 0.3 is 6.61 Å². The van der Waals surface area contributed by atoms with E-state index in [0.717, 1.165) is 5.82 Å². The minimum atomic E-state index is -2.90. The predicted molar refractivity (Wildman–Crippen MR) is 64.9 cm³/mol. The summed E-state index contributed by atoms with van der Waals surface area (Å²) < 4.78 is 28.5. The van der Waals surface area contributed by atoms with Gasteiger partial charge in [0.2, 0.25) is 5.88 Å². The summed E-state index contributed by atoms with van der Waals surface area (Å²) in [6.45, 7) is 3.08. The highest BCUT2D eigenvalue weighted by molar-refractivity contribution is 5.55. The minimum Gasteiger partial charge on any atom is -0.417 e. The molecular formula is C12H14F2N4O. The van der Waals surface area contributed by atoms with Crippen molar-refractivity contribution < 1.29 is 13.5 Å². The molecule has 0 amide bonds. The largest absolute Gasteiger partial charge is 0.417 e. The zero-order valence-electron chi connectivity index (χ0n) is 10.8. The molecule has 0 aliphatic carbocycles. The average Bonchev–Trinajstić information content (AvgIpc) is 2.77. The van der Waals surface area contributed by atoms with Crippen LogP contribution < -0.4 is 4.74 Å². The fourth-order valence-electron chi connectivity index (χ4n) is 1.43. The molecule has 1 N–H and O–H groups in total. The molecule has 2 rings (SSSR count). The van der Waals surface area contributed by atoms with Gasteiger partial charge in [0, 0.05) is 23.2 Å². The smallest absolute Gasteiger partial charge is 0.388 e. The Labute approximate surface area is 109 Å². The SMILES string of the molecule is CC(C)(C)c1nc(-c2ccnc(OC(F)F)c2)n[nH]1. The lowest BCUT2D eigenvalue weighted by Gasteiger charge is -2.12. The molecule has 0 aromatic carbocycles. The Balaban J connectivity index is 2.29. The van der Waals surface area contributed by atoms with E-state index in [4.69, 9.17) is 0 Å². The Hall–Kier alpha value is -2.05. The van der Waals surface area contributed by atoms with Gasteiger partial charge in [0.25, 0.3) is 0 Å². The van der Waals surface area contributed by atoms with Crippen molar-refractivity contribution in [1.82, 2.24) is 20.2 Å². The quantitative estimate of drug-likeness (QED) is 0.929. The lowest BCUT2D eigenvalue weighted by atomic mass is 9.96. The number of aromatic amines is 1. The van der Waals surface area contributed by atoms with Crippen LogP contribution in [-0.4, -0.2) is 26.8 Å². The lowest BCUT2D eigenvalue weighted by molar-refractivity contribution is -0.0528. The zero-order valence-corrected chi connectivity index (χ0v) is 10.8. The van der Waals surface area contributed by atoms with Crippen molar-refractivity contribution in [1.29, 1.82) is 0 Å². The molecule has 0 unspecified atom stereocenters. The van der Waals surface area contributed by atoms with E-state index in [1.165, 1.54) is 12.3 Å². The van der Waals surface area contributed by atoms with E-state index in [9.17, 15) is 8.78 Å². The first kappa shape index (κ1) is 13.4. The molecule has 0 saturated carbocycles. The van der Waals surface area contributed by atoms with E-state index >= 15 is 0 Å². The summed E-state index contributed by atoms with van der Waals surface area (Å²) in [7, 11) is 0. The van der Waals surface area contributed by atoms with Crippen molar-refractivity contribution in [2.75, 3.05) is 0 Å². The summed E-state index contributed by atoms with van der Waals surface area (Å²) in [5.41, 5.74) is 0.401. The van der Waals surface area contributed by atoms with Gasteiger partial charge in [-0.15, -0.1) is 0 Å². The van der Waals surface area contributed by atoms with E-state index in [-0.39, 0.29) is 11.3 Å². The van der Waals surface area contributed by atoms with Crippen LogP contribution >= 0.6 is 0 Å². The number of nitrogens with zero attached hydrogens (tertiary/aromatic N) is 3. The molecule has 2 aromatic heterocycles. The first-order valence-corrected chi connectivity index (χ1v) is 5.70. The van der Waals surface area contributed by atoms with E-state index in [1.807, 2.05) is 20.8 Å². The zero-order chi connectivity index (χ0) is 14.0. The Morgan fingerprint density at radius 3 is 2.63 bits per heavy atom. The lowest BCUT2D eigenvalue weighted by Crippen LogP contribution is -2.13. The molecule has 0 bridgehead atoms. The van der Waals surface area contributed by atoms with Crippen molar-refractivity contribution in [3.05, 3.63) is 24.2 Å². The fraction of sp³-hybridized carbons (Fsp3) is 0.417. The normalized spacial score (nSPS) is 11.9. The van der Waals surface area contributed by atoms with Gasteiger partial charge in [-0.1, -0.05) is 20.8 Å². The predicted octanol–water partition coefficient (Wildman–Crippen LogP) is 2.77. The van der Waals surface area contributed by atoms with Crippen LogP contribution in [0.1, 0.15) is 26.6 Å². The summed E-state index contributed by atoms with van der Waals surface area (Å²) in [5.74, 6) is 0.983. The highest BCUT2D eigenvalue weighted by Gasteiger charge is 2.19. The number of H-pyrrole nitrogens is 1. The molecule has 0 fully saturated rings. The molecule has 0 aliphatic heterocycles. The topological polar surface area (TPSA) is 63.7 Å². The fourth-order valence-corrected chi connectivity index (χ4v) is 1.43. The molecule has 5 nitrogen and oxygen atoms in total. The molecule has 0 saturated heterocycles. The van der Waals surface area contributed by atoms with Crippen molar-refractivity contribution in [3.63, 3.8) is 0 Å². The number of pyridine rings is 1. The van der Waals surface area contributed by atoms with E-state index in [0.29, 0.717) is 11.4 Å². The number of alkyl halides is 2. The van der Waals surface area contributed by atoms with Crippen LogP contribution in [0.2, 0.25) is 0 Å². The number of nitrogens with one attached hydrogen (secondary N) is 1. The Morgan fingerprint density at radius 2 is 2.05 bits per heavy atom. The third-order valence-electron chi connectivity index (χ3n) is 2.40. The van der Waals surface area contributed by atoms with Gasteiger partial charge in [-0.25, -0.2) is 9.97 Å². The number of hydrogen-bond donors (Lipinski definition) is 1. The standard InChI is InChI=1S/C12H14F2N4O/c1-12(2,3)10-16-9(17-18-10)7-4-5-15-8(6-7)19-11(13)14/h4-6,11H,1-3H3,(H,16,17,18). The second-order valence-corrected chi connectivity index (χ2v) is 5.02. The van der Waals surface area contributed by atoms with Crippen molar-refractivity contribution in [3.8, 4) is 17.3 Å². The molecular weight excluding hydrogens is 254 g/mol. The van der Waals surface area contributed by atoms with Gasteiger partial charge in [-0.2, -0.15) is 13.9 Å². The van der Waals surface area contributed by atoms with E-state index < -0.39 is 6.61 Å². The number of rotatable bonds is 3. The summed E-state index contributed by atoms with van der Waals surface area (Å²) in [6.07, 6.45) is 1.38. The van der Waals surface area contributed by atoms with Crippen molar-refractivity contribution in [2.24, 2.45) is 0 Å². The number of hydrogen-bond acceptors (Lipinski definition) is 4. The molecule has 0 atom stereocenters. The first-order valence-electron chi connectivity index (χ1n) is 5.70. The van der Waals surface area contributed by atoms with Gasteiger partial charge in [0.1, 0.15) is 5.82 Å². The van der Waals surface area contributed by atoms with E-state index in [1.54, 1.807) is 6.07 Å². The molecule has 7 heteroatoms. The van der Waals surface area contributed by atoms with Crippen LogP contribution in [0.25, 0.3) is 11.4 Å². The highest BCUT2D eigenvalue weighted by atomic mass is 19.3. The maximum absolute atomic E-state index is 12.1. The second-order valence-electron chi connectivity index (χ2n) is 5.02. The summed E-state index contributed by atoms with van der Waals surface area (Å²) in [5, 5.41) is 6.90. The summed E-state index contributed by atoms with van der Waals surface area (Å²) in [4.78, 5) is 8.03. The average molecular weight is 268 g/mol. The Morgan fingerprint density at radius 1 is 1.32 bits per heavy atom. The monoisotopic (exact) mass is 268 g/mol. The van der Waals surface area contributed by atoms with Gasteiger partial charge < -0.3 is 4.74 Å². The van der Waals surface area contributed by atoms with Crippen molar-refractivity contribution in [2.45, 2.75) is 32.8 Å². The van der Waals surface area contributed by atoms with Crippen LogP contribution in [0.5, 0.6) is 5.88 Å². The molecule has 0 aliphatic rings. The molecule has 19 heavy (non-hydrogen) atoms. The number of halogens is 2. The van der Waals surface area contributed by atoms with Gasteiger partial charge in [-0.05, 0) is 6.07 Å². The van der Waals surface area contributed by atoms with Gasteiger partial charge in [0.05, 0.1) is 0 Å². The minimum absolute atomic E-state index is 0.158. The van der Waals surface area contributed by atoms with Crippen LogP contribution in [0.3, 0.4) is 0 Å². The van der Waals surface area contributed by atoms with Crippen LogP contribution in [0.4, 0.5) is 8.78 Å². The van der Waals surface area contributed by atoms with Crippen LogP contribution in [0.15, 0.2) is 18.3 Å². The second kappa shape index (κ2) is 4.91. The van der Waals surface area contributed by atoms with Gasteiger partial charge in [-0.3, -0.25) is 5.10 Å². The highest BCUT2D eigenvalue weighted by Crippen LogP contribution is 2.23. The Kier molecular flexibility index (Phi) is 3.46. The van der Waals surface area contributed by atoms with E-state index in [2.05, 4.69) is 24.9 Å². The Bertz CT molecular complexity index is 563. The maximum Gasteiger partial charge on any atom is 0.388 e. The first-order chi connectivity index (χ1) is 8.86. The number of aromatic nitrogens is 4.